The molecule has 1 fully saturated rings. The normalized spacial score (nSPS) is 27.8. The van der Waals surface area contributed by atoms with Crippen molar-refractivity contribution < 1.29 is 9.47 Å². The molecule has 5 heteroatoms. The Kier molecular flexibility index (Phi) is 3.67. The predicted octanol–water partition coefficient (Wildman–Crippen LogP) is -0.739. The van der Waals surface area contributed by atoms with Crippen LogP contribution in [0.5, 0.6) is 0 Å². The maximum Gasteiger partial charge on any atom is 0.200 e. The summed E-state index contributed by atoms with van der Waals surface area (Å²) in [5, 5.41) is 3.27. The lowest BCUT2D eigenvalue weighted by Gasteiger charge is -2.31. The van der Waals surface area contributed by atoms with E-state index in [0.717, 1.165) is 19.1 Å². The Morgan fingerprint density at radius 2 is 2.17 bits per heavy atom. The van der Waals surface area contributed by atoms with Gasteiger partial charge < -0.3 is 15.2 Å². The summed E-state index contributed by atoms with van der Waals surface area (Å²) in [5.41, 5.74) is 5.09. The summed E-state index contributed by atoms with van der Waals surface area (Å²) >= 11 is 0. The van der Waals surface area contributed by atoms with Gasteiger partial charge in [-0.2, -0.15) is 0 Å². The van der Waals surface area contributed by atoms with Crippen molar-refractivity contribution in [3.63, 3.8) is 0 Å². The Morgan fingerprint density at radius 1 is 1.50 bits per heavy atom. The smallest absolute Gasteiger partial charge is 0.200 e. The summed E-state index contributed by atoms with van der Waals surface area (Å²) in [6.45, 7) is 1.74. The van der Waals surface area contributed by atoms with Gasteiger partial charge in [0.25, 0.3) is 0 Å². The lowest BCUT2D eigenvalue weighted by atomic mass is 10.7. The van der Waals surface area contributed by atoms with Crippen LogP contribution in [0.25, 0.3) is 0 Å². The van der Waals surface area contributed by atoms with Crippen LogP contribution in [0.4, 0.5) is 0 Å². The number of nitrogens with one attached hydrogen (secondary N) is 1. The fraction of sp³-hybridized carbons (Fsp3) is 1.00. The van der Waals surface area contributed by atoms with Crippen molar-refractivity contribution in [3.05, 3.63) is 0 Å². The molecule has 4 nitrogen and oxygen atoms in total. The molecule has 0 bridgehead atoms. The van der Waals surface area contributed by atoms with Crippen LogP contribution >= 0.6 is 0 Å². The van der Waals surface area contributed by atoms with Crippen LogP contribution < -0.4 is 11.1 Å². The summed E-state index contributed by atoms with van der Waals surface area (Å²) in [6.07, 6.45) is 0. The first-order valence-electron chi connectivity index (χ1n) is 4.34. The zero-order valence-electron chi connectivity index (χ0n) is 7.80. The molecule has 1 heterocycles. The average molecular weight is 190 g/mol. The topological polar surface area (TPSA) is 56.5 Å². The zero-order valence-corrected chi connectivity index (χ0v) is 8.95. The molecule has 0 amide bonds. The molecule has 1 aliphatic rings. The first kappa shape index (κ1) is 10.1. The maximum atomic E-state index is 5.53. The fourth-order valence-electron chi connectivity index (χ4n) is 1.85. The molecular weight excluding hydrogens is 172 g/mol. The third-order valence-electron chi connectivity index (χ3n) is 2.52. The Morgan fingerprint density at radius 3 is 2.67 bits per heavy atom. The molecule has 0 spiro atoms. The molecule has 12 heavy (non-hydrogen) atoms. The Hall–Kier alpha value is 0.0569. The van der Waals surface area contributed by atoms with E-state index in [9.17, 15) is 0 Å². The average Bonchev–Trinajstić information content (AvgIpc) is 2.50. The summed E-state index contributed by atoms with van der Waals surface area (Å²) in [6, 6.07) is 2.29. The molecule has 1 aliphatic heterocycles. The minimum absolute atomic E-state index is 0.445. The van der Waals surface area contributed by atoms with Gasteiger partial charge in [0, 0.05) is 14.2 Å². The van der Waals surface area contributed by atoms with Crippen LogP contribution in [-0.4, -0.2) is 41.6 Å². The van der Waals surface area contributed by atoms with Crippen LogP contribution in [0, 0.1) is 0 Å². The van der Waals surface area contributed by atoms with Crippen LogP contribution in [0.15, 0.2) is 0 Å². The summed E-state index contributed by atoms with van der Waals surface area (Å²) in [7, 11) is 2.37. The monoisotopic (exact) mass is 190 g/mol. The molecule has 0 saturated carbocycles. The molecular formula is C7H18N2O2Si. The van der Waals surface area contributed by atoms with E-state index < -0.39 is 14.3 Å². The Balaban J connectivity index is 2.58. The van der Waals surface area contributed by atoms with Crippen molar-refractivity contribution in [2.45, 2.75) is 17.6 Å². The van der Waals surface area contributed by atoms with Gasteiger partial charge in [-0.05, 0) is 25.2 Å². The molecule has 0 aromatic rings. The second-order valence-electron chi connectivity index (χ2n) is 3.07. The third-order valence-corrected chi connectivity index (χ3v) is 6.29. The molecule has 1 atom stereocenters. The van der Waals surface area contributed by atoms with Gasteiger partial charge in [0.1, 0.15) is 8.80 Å². The first-order chi connectivity index (χ1) is 5.79. The van der Waals surface area contributed by atoms with E-state index in [1.165, 1.54) is 6.04 Å². The molecule has 0 aromatic carbocycles. The van der Waals surface area contributed by atoms with Gasteiger partial charge in [-0.25, -0.2) is 0 Å². The summed E-state index contributed by atoms with van der Waals surface area (Å²) < 4.78 is 10.8. The van der Waals surface area contributed by atoms with Gasteiger partial charge in [0.2, 0.25) is 5.53 Å². The largest absolute Gasteiger partial charge is 0.345 e. The molecule has 1 unspecified atom stereocenters. The highest BCUT2D eigenvalue weighted by molar-refractivity contribution is 6.62. The van der Waals surface area contributed by atoms with Gasteiger partial charge in [0.05, 0.1) is 0 Å². The standard InChI is InChI=1S/C7H18N2O2Si/c1-10-7(11-2)9-4-6-12(7)5-3-8/h9,12H,3-6,8H2,1-2H3. The van der Waals surface area contributed by atoms with E-state index >= 15 is 0 Å². The van der Waals surface area contributed by atoms with Crippen molar-refractivity contribution in [2.75, 3.05) is 27.3 Å². The van der Waals surface area contributed by atoms with Gasteiger partial charge in [-0.3, -0.25) is 5.32 Å². The third kappa shape index (κ3) is 1.70. The zero-order chi connectivity index (χ0) is 9.03. The van der Waals surface area contributed by atoms with Crippen molar-refractivity contribution in [1.29, 1.82) is 0 Å². The minimum atomic E-state index is -1.01. The van der Waals surface area contributed by atoms with E-state index in [1.807, 2.05) is 0 Å². The lowest BCUT2D eigenvalue weighted by Crippen LogP contribution is -2.54. The van der Waals surface area contributed by atoms with Crippen molar-refractivity contribution in [3.8, 4) is 0 Å². The van der Waals surface area contributed by atoms with Crippen LogP contribution in [0.3, 0.4) is 0 Å². The highest BCUT2D eigenvalue weighted by Crippen LogP contribution is 2.23. The van der Waals surface area contributed by atoms with Crippen LogP contribution in [0.1, 0.15) is 0 Å². The van der Waals surface area contributed by atoms with Crippen LogP contribution in [-0.2, 0) is 9.47 Å². The van der Waals surface area contributed by atoms with Crippen LogP contribution in [0.2, 0.25) is 12.1 Å². The Labute approximate surface area is 75.0 Å². The molecule has 0 aromatic heterocycles. The number of hydrogen-bond donors (Lipinski definition) is 2. The molecule has 3 N–H and O–H groups in total. The number of rotatable bonds is 4. The second kappa shape index (κ2) is 4.34. The number of ether oxygens (including phenoxy) is 2. The van der Waals surface area contributed by atoms with E-state index in [2.05, 4.69) is 5.32 Å². The van der Waals surface area contributed by atoms with Gasteiger partial charge in [-0.1, -0.05) is 0 Å². The number of nitrogens with two attached hydrogens (primary N) is 1. The van der Waals surface area contributed by atoms with Gasteiger partial charge in [-0.15, -0.1) is 0 Å². The molecule has 1 rings (SSSR count). The predicted molar refractivity (Wildman–Crippen MR) is 50.6 cm³/mol. The SMILES string of the molecule is COC1(OC)NCC[SiH]1CCN. The fourth-order valence-corrected chi connectivity index (χ4v) is 4.90. The minimum Gasteiger partial charge on any atom is -0.345 e. The van der Waals surface area contributed by atoms with E-state index in [4.69, 9.17) is 15.2 Å². The first-order valence-corrected chi connectivity index (χ1v) is 6.55. The van der Waals surface area contributed by atoms with E-state index in [0.29, 0.717) is 0 Å². The van der Waals surface area contributed by atoms with Crippen molar-refractivity contribution in [1.82, 2.24) is 5.32 Å². The van der Waals surface area contributed by atoms with Gasteiger partial charge in [0.15, 0.2) is 0 Å². The highest BCUT2D eigenvalue weighted by atomic mass is 28.3. The maximum absolute atomic E-state index is 5.53. The van der Waals surface area contributed by atoms with Crippen molar-refractivity contribution >= 4 is 8.80 Å². The second-order valence-corrected chi connectivity index (χ2v) is 6.37. The molecule has 0 aliphatic carbocycles. The molecule has 0 radical (unpaired) electrons. The lowest BCUT2D eigenvalue weighted by molar-refractivity contribution is -0.162. The quantitative estimate of drug-likeness (QED) is 0.453. The van der Waals surface area contributed by atoms with E-state index in [-0.39, 0.29) is 0 Å². The van der Waals surface area contributed by atoms with Gasteiger partial charge >= 0.3 is 0 Å². The molecule has 1 saturated heterocycles. The van der Waals surface area contributed by atoms with E-state index in [1.54, 1.807) is 14.2 Å². The molecule has 72 valence electrons. The highest BCUT2D eigenvalue weighted by Gasteiger charge is 2.43. The Bertz CT molecular complexity index is 141. The van der Waals surface area contributed by atoms with Crippen molar-refractivity contribution in [2.24, 2.45) is 5.73 Å². The summed E-state index contributed by atoms with van der Waals surface area (Å²) in [5.74, 6) is 0. The summed E-state index contributed by atoms with van der Waals surface area (Å²) in [4.78, 5) is 0. The number of hydrogen-bond acceptors (Lipinski definition) is 4. The number of methoxy groups -OCH3 is 2.